The fourth-order valence-corrected chi connectivity index (χ4v) is 2.31. The summed E-state index contributed by atoms with van der Waals surface area (Å²) >= 11 is 0. The number of primary amides is 1. The van der Waals surface area contributed by atoms with Gasteiger partial charge < -0.3 is 43.4 Å². The van der Waals surface area contributed by atoms with Gasteiger partial charge >= 0.3 is 0 Å². The second kappa shape index (κ2) is 14.5. The lowest BCUT2D eigenvalue weighted by molar-refractivity contribution is -0.133. The van der Waals surface area contributed by atoms with Crippen LogP contribution in [0.1, 0.15) is 41.5 Å². The van der Waals surface area contributed by atoms with Crippen LogP contribution in [0.4, 0.5) is 0 Å². The molecule has 0 spiro atoms. The number of carbonyl (C=O) groups excluding carboxylic acids is 7. The van der Waals surface area contributed by atoms with Gasteiger partial charge in [-0.05, 0) is 41.5 Å². The monoisotopic (exact) mass is 500 g/mol. The Morgan fingerprint density at radius 2 is 0.886 bits per heavy atom. The van der Waals surface area contributed by atoms with E-state index >= 15 is 0 Å². The third-order valence-corrected chi connectivity index (χ3v) is 4.65. The van der Waals surface area contributed by atoms with E-state index in [1.54, 1.807) is 0 Å². The van der Waals surface area contributed by atoms with Crippen LogP contribution < -0.4 is 43.4 Å². The molecular formula is C20H36N8O7. The minimum absolute atomic E-state index is 0.457. The summed E-state index contributed by atoms with van der Waals surface area (Å²) in [5.41, 5.74) is 10.5. The molecule has 0 aliphatic heterocycles. The van der Waals surface area contributed by atoms with Crippen molar-refractivity contribution in [3.63, 3.8) is 0 Å². The summed E-state index contributed by atoms with van der Waals surface area (Å²) in [6, 6.07) is -5.77. The molecule has 0 aromatic carbocycles. The van der Waals surface area contributed by atoms with Gasteiger partial charge in [0.15, 0.2) is 0 Å². The summed E-state index contributed by atoms with van der Waals surface area (Å²) in [6.45, 7) is 7.92. The second-order valence-electron chi connectivity index (χ2n) is 8.12. The second-order valence-corrected chi connectivity index (χ2v) is 8.12. The lowest BCUT2D eigenvalue weighted by atomic mass is 10.2. The smallest absolute Gasteiger partial charge is 0.242 e. The van der Waals surface area contributed by atoms with Gasteiger partial charge in [0.25, 0.3) is 0 Å². The molecule has 0 aliphatic carbocycles. The Hall–Kier alpha value is -3.75. The fourth-order valence-electron chi connectivity index (χ4n) is 2.31. The Balaban J connectivity index is 4.55. The highest BCUT2D eigenvalue weighted by atomic mass is 16.2. The summed E-state index contributed by atoms with van der Waals surface area (Å²) in [5.74, 6) is -4.59. The summed E-state index contributed by atoms with van der Waals surface area (Å²) in [6.07, 6.45) is 0. The largest absolute Gasteiger partial charge is 0.368 e. The highest BCUT2D eigenvalue weighted by Crippen LogP contribution is 1.92. The van der Waals surface area contributed by atoms with E-state index in [0.29, 0.717) is 0 Å². The molecule has 0 saturated heterocycles. The van der Waals surface area contributed by atoms with Crippen LogP contribution in [0.3, 0.4) is 0 Å². The van der Waals surface area contributed by atoms with E-state index in [9.17, 15) is 33.6 Å². The molecule has 15 heteroatoms. The first-order valence-corrected chi connectivity index (χ1v) is 10.9. The van der Waals surface area contributed by atoms with Crippen molar-refractivity contribution in [2.75, 3.05) is 6.54 Å². The van der Waals surface area contributed by atoms with Crippen LogP contribution in [0.25, 0.3) is 0 Å². The lowest BCUT2D eigenvalue weighted by Crippen LogP contribution is -2.56. The van der Waals surface area contributed by atoms with Crippen LogP contribution in [0.15, 0.2) is 0 Å². The van der Waals surface area contributed by atoms with E-state index in [1.807, 2.05) is 0 Å². The van der Waals surface area contributed by atoms with Gasteiger partial charge in [-0.1, -0.05) is 0 Å². The zero-order valence-corrected chi connectivity index (χ0v) is 20.7. The third-order valence-electron chi connectivity index (χ3n) is 4.65. The molecule has 0 rings (SSSR count). The molecule has 0 unspecified atom stereocenters. The Kier molecular flexibility index (Phi) is 12.9. The Morgan fingerprint density at radius 3 is 1.29 bits per heavy atom. The molecule has 0 saturated carbocycles. The van der Waals surface area contributed by atoms with Gasteiger partial charge in [0.05, 0.1) is 12.6 Å². The first-order valence-electron chi connectivity index (χ1n) is 10.9. The highest BCUT2D eigenvalue weighted by Gasteiger charge is 2.25. The quantitative estimate of drug-likeness (QED) is 0.122. The summed E-state index contributed by atoms with van der Waals surface area (Å²) in [5, 5.41) is 14.1. The molecule has 0 radical (unpaired) electrons. The maximum atomic E-state index is 12.3. The van der Waals surface area contributed by atoms with Crippen LogP contribution in [0.5, 0.6) is 0 Å². The van der Waals surface area contributed by atoms with Crippen LogP contribution >= 0.6 is 0 Å². The number of hydrogen-bond acceptors (Lipinski definition) is 8. The molecule has 0 heterocycles. The zero-order valence-electron chi connectivity index (χ0n) is 20.7. The minimum Gasteiger partial charge on any atom is -0.368 e. The zero-order chi connectivity index (χ0) is 27.5. The first-order chi connectivity index (χ1) is 16.1. The molecule has 0 fully saturated rings. The highest BCUT2D eigenvalue weighted by molar-refractivity contribution is 5.95. The summed E-state index contributed by atoms with van der Waals surface area (Å²) in [4.78, 5) is 83.0. The van der Waals surface area contributed by atoms with E-state index in [0.717, 1.165) is 0 Å². The van der Waals surface area contributed by atoms with Crippen molar-refractivity contribution >= 4 is 41.4 Å². The number of amides is 7. The van der Waals surface area contributed by atoms with Crippen molar-refractivity contribution in [2.45, 2.75) is 77.8 Å². The topological polar surface area (TPSA) is 244 Å². The fraction of sp³-hybridized carbons (Fsp3) is 0.650. The molecule has 0 aliphatic rings. The maximum absolute atomic E-state index is 12.3. The Morgan fingerprint density at radius 1 is 0.543 bits per heavy atom. The normalized spacial score (nSPS) is 15.6. The van der Waals surface area contributed by atoms with E-state index in [-0.39, 0.29) is 0 Å². The third kappa shape index (κ3) is 11.8. The molecule has 10 N–H and O–H groups in total. The van der Waals surface area contributed by atoms with Crippen LogP contribution in [0.2, 0.25) is 0 Å². The van der Waals surface area contributed by atoms with Crippen molar-refractivity contribution in [1.82, 2.24) is 31.9 Å². The first kappa shape index (κ1) is 31.2. The van der Waals surface area contributed by atoms with Gasteiger partial charge in [0.2, 0.25) is 41.4 Å². The van der Waals surface area contributed by atoms with Crippen LogP contribution in [-0.4, -0.2) is 84.1 Å². The molecule has 15 nitrogen and oxygen atoms in total. The van der Waals surface area contributed by atoms with E-state index in [4.69, 9.17) is 11.5 Å². The van der Waals surface area contributed by atoms with E-state index in [2.05, 4.69) is 31.9 Å². The maximum Gasteiger partial charge on any atom is 0.242 e. The molecular weight excluding hydrogens is 464 g/mol. The molecule has 0 aromatic heterocycles. The van der Waals surface area contributed by atoms with Gasteiger partial charge in [0.1, 0.15) is 30.2 Å². The number of nitrogens with one attached hydrogen (secondary N) is 6. The summed E-state index contributed by atoms with van der Waals surface area (Å²) < 4.78 is 0. The van der Waals surface area contributed by atoms with Gasteiger partial charge in [-0.15, -0.1) is 0 Å². The van der Waals surface area contributed by atoms with E-state index in [1.165, 1.54) is 41.5 Å². The SMILES string of the molecule is C[C@H](N)C(=O)N[C@@H](C)C(=O)NCC(=O)N[C@@H](C)C(=O)N[C@@H](C)C(=O)N[C@@H](C)C(=O)N[C@@H](C)C(N)=O. The molecule has 35 heavy (non-hydrogen) atoms. The van der Waals surface area contributed by atoms with Crippen molar-refractivity contribution in [3.8, 4) is 0 Å². The van der Waals surface area contributed by atoms with Crippen LogP contribution in [-0.2, 0) is 33.6 Å². The summed E-state index contributed by atoms with van der Waals surface area (Å²) in [7, 11) is 0. The standard InChI is InChI=1S/C20H36N8O7/c1-8(21)16(31)26-10(3)17(32)23-7-14(29)24-11(4)18(33)27-13(6)20(35)28-12(5)19(34)25-9(2)15(22)30/h8-13H,7,21H2,1-6H3,(H2,22,30)(H,23,32)(H,24,29)(H,25,34)(H,26,31)(H,27,33)(H,28,35)/t8-,9-,10-,11-,12-,13-/m0/s1. The van der Waals surface area contributed by atoms with Crippen molar-refractivity contribution in [3.05, 3.63) is 0 Å². The average molecular weight is 501 g/mol. The molecule has 0 aromatic rings. The van der Waals surface area contributed by atoms with Crippen molar-refractivity contribution < 1.29 is 33.6 Å². The Bertz CT molecular complexity index is 832. The number of rotatable bonds is 13. The van der Waals surface area contributed by atoms with Gasteiger partial charge in [-0.3, -0.25) is 33.6 Å². The predicted octanol–water partition coefficient (Wildman–Crippen LogP) is -4.54. The Labute approximate surface area is 203 Å². The van der Waals surface area contributed by atoms with Crippen molar-refractivity contribution in [1.29, 1.82) is 0 Å². The number of nitrogens with two attached hydrogens (primary N) is 2. The van der Waals surface area contributed by atoms with Gasteiger partial charge in [-0.2, -0.15) is 0 Å². The lowest BCUT2D eigenvalue weighted by Gasteiger charge is -2.21. The molecule has 0 bridgehead atoms. The van der Waals surface area contributed by atoms with E-state index < -0.39 is 84.1 Å². The molecule has 7 amide bonds. The number of hydrogen-bond donors (Lipinski definition) is 8. The average Bonchev–Trinajstić information content (AvgIpc) is 2.76. The number of carbonyl (C=O) groups is 7. The van der Waals surface area contributed by atoms with Crippen LogP contribution in [0, 0.1) is 0 Å². The predicted molar refractivity (Wildman–Crippen MR) is 124 cm³/mol. The van der Waals surface area contributed by atoms with Gasteiger partial charge in [0, 0.05) is 0 Å². The molecule has 198 valence electrons. The van der Waals surface area contributed by atoms with Gasteiger partial charge in [-0.25, -0.2) is 0 Å². The minimum atomic E-state index is -1.06. The molecule has 6 atom stereocenters. The van der Waals surface area contributed by atoms with Crippen molar-refractivity contribution in [2.24, 2.45) is 11.5 Å².